The van der Waals surface area contributed by atoms with Crippen molar-refractivity contribution in [2.45, 2.75) is 17.7 Å². The Hall–Kier alpha value is -1.75. The highest BCUT2D eigenvalue weighted by atomic mass is 79.9. The number of alkyl halides is 1. The van der Waals surface area contributed by atoms with E-state index in [0.717, 1.165) is 11.6 Å². The number of carboxylic acid groups (broad SMARTS) is 1. The summed E-state index contributed by atoms with van der Waals surface area (Å²) in [6, 6.07) is 10.3. The van der Waals surface area contributed by atoms with Crippen molar-refractivity contribution in [2.75, 3.05) is 0 Å². The molecule has 5 heteroatoms. The maximum absolute atomic E-state index is 13.7. The summed E-state index contributed by atoms with van der Waals surface area (Å²) in [7, 11) is 0. The predicted molar refractivity (Wildman–Crippen MR) is 80.3 cm³/mol. The molecular formula is C16H13BrF2O2. The first-order chi connectivity index (χ1) is 9.79. The van der Waals surface area contributed by atoms with Crippen molar-refractivity contribution in [3.63, 3.8) is 0 Å². The molecule has 1 unspecified atom stereocenters. The van der Waals surface area contributed by atoms with Crippen LogP contribution in [0.25, 0.3) is 11.1 Å². The second-order valence-electron chi connectivity index (χ2n) is 4.97. The number of aliphatic carboxylic acids is 1. The molecule has 0 bridgehead atoms. The van der Waals surface area contributed by atoms with E-state index in [4.69, 9.17) is 5.11 Å². The van der Waals surface area contributed by atoms with Gasteiger partial charge in [-0.25, -0.2) is 8.78 Å². The van der Waals surface area contributed by atoms with Crippen molar-refractivity contribution >= 4 is 21.9 Å². The van der Waals surface area contributed by atoms with Crippen LogP contribution in [0, 0.1) is 11.6 Å². The summed E-state index contributed by atoms with van der Waals surface area (Å²) in [6.07, 6.45) is -0.0722. The van der Waals surface area contributed by atoms with Crippen LogP contribution in [-0.4, -0.2) is 11.1 Å². The van der Waals surface area contributed by atoms with Gasteiger partial charge in [0.15, 0.2) is 0 Å². The van der Waals surface area contributed by atoms with E-state index in [1.165, 1.54) is 12.1 Å². The molecule has 0 aliphatic carbocycles. The number of hydrogen-bond donors (Lipinski definition) is 1. The summed E-state index contributed by atoms with van der Waals surface area (Å²) in [4.78, 5) is 10.8. The quantitative estimate of drug-likeness (QED) is 0.806. The minimum atomic E-state index is -0.914. The van der Waals surface area contributed by atoms with E-state index in [1.54, 1.807) is 31.2 Å². The minimum Gasteiger partial charge on any atom is -0.481 e. The van der Waals surface area contributed by atoms with Crippen molar-refractivity contribution in [3.05, 3.63) is 59.7 Å². The Morgan fingerprint density at radius 3 is 2.33 bits per heavy atom. The van der Waals surface area contributed by atoms with Crippen LogP contribution in [0.3, 0.4) is 0 Å². The second kappa shape index (κ2) is 5.93. The third-order valence-corrected chi connectivity index (χ3v) is 3.95. The molecule has 0 aliphatic heterocycles. The van der Waals surface area contributed by atoms with Gasteiger partial charge in [0, 0.05) is 11.6 Å². The first-order valence-electron chi connectivity index (χ1n) is 6.26. The Labute approximate surface area is 129 Å². The summed E-state index contributed by atoms with van der Waals surface area (Å²) in [6.45, 7) is 1.76. The van der Waals surface area contributed by atoms with Crippen molar-refractivity contribution in [1.82, 2.24) is 0 Å². The number of hydrogen-bond acceptors (Lipinski definition) is 1. The highest BCUT2D eigenvalue weighted by molar-refractivity contribution is 9.09. The summed E-state index contributed by atoms with van der Waals surface area (Å²) < 4.78 is 25.9. The van der Waals surface area contributed by atoms with Gasteiger partial charge in [0.1, 0.15) is 11.6 Å². The Kier molecular flexibility index (Phi) is 4.42. The Balaban J connectivity index is 2.32. The van der Waals surface area contributed by atoms with Gasteiger partial charge in [-0.15, -0.1) is 0 Å². The average Bonchev–Trinajstić information content (AvgIpc) is 2.37. The van der Waals surface area contributed by atoms with Crippen molar-refractivity contribution in [3.8, 4) is 11.1 Å². The molecule has 2 aromatic rings. The Morgan fingerprint density at radius 2 is 1.81 bits per heavy atom. The van der Waals surface area contributed by atoms with Crippen LogP contribution in [0.4, 0.5) is 8.78 Å². The predicted octanol–water partition coefficient (Wildman–Crippen LogP) is 4.72. The number of benzene rings is 2. The molecule has 0 heterocycles. The lowest BCUT2D eigenvalue weighted by Gasteiger charge is -2.21. The van der Waals surface area contributed by atoms with Gasteiger partial charge in [-0.2, -0.15) is 0 Å². The number of carboxylic acids is 1. The maximum Gasteiger partial charge on any atom is 0.305 e. The topological polar surface area (TPSA) is 37.3 Å². The summed E-state index contributed by atoms with van der Waals surface area (Å²) in [5.41, 5.74) is 1.68. The lowest BCUT2D eigenvalue weighted by molar-refractivity contribution is -0.137. The Bertz CT molecular complexity index is 666. The van der Waals surface area contributed by atoms with Crippen LogP contribution >= 0.6 is 15.9 Å². The molecule has 2 nitrogen and oxygen atoms in total. The minimum absolute atomic E-state index is 0.0722. The van der Waals surface area contributed by atoms with Crippen LogP contribution < -0.4 is 0 Å². The molecule has 0 saturated carbocycles. The fourth-order valence-electron chi connectivity index (χ4n) is 2.11. The average molecular weight is 355 g/mol. The first kappa shape index (κ1) is 15.6. The highest BCUT2D eigenvalue weighted by Crippen LogP contribution is 2.35. The van der Waals surface area contributed by atoms with E-state index in [1.807, 2.05) is 0 Å². The van der Waals surface area contributed by atoms with Gasteiger partial charge in [0.05, 0.1) is 10.7 Å². The first-order valence-corrected chi connectivity index (χ1v) is 7.05. The molecule has 1 N–H and O–H groups in total. The molecule has 1 atom stereocenters. The monoisotopic (exact) mass is 354 g/mol. The number of rotatable bonds is 4. The van der Waals surface area contributed by atoms with Gasteiger partial charge in [-0.3, -0.25) is 4.79 Å². The molecule has 2 rings (SSSR count). The largest absolute Gasteiger partial charge is 0.481 e. The van der Waals surface area contributed by atoms with E-state index < -0.39 is 21.9 Å². The maximum atomic E-state index is 13.7. The molecule has 0 aromatic heterocycles. The second-order valence-corrected chi connectivity index (χ2v) is 6.72. The van der Waals surface area contributed by atoms with Gasteiger partial charge in [0.25, 0.3) is 0 Å². The lowest BCUT2D eigenvalue weighted by atomic mass is 9.95. The molecule has 0 aliphatic rings. The van der Waals surface area contributed by atoms with Crippen molar-refractivity contribution in [1.29, 1.82) is 0 Å². The third-order valence-electron chi connectivity index (χ3n) is 3.21. The van der Waals surface area contributed by atoms with Crippen molar-refractivity contribution in [2.24, 2.45) is 0 Å². The number of halogens is 3. The van der Waals surface area contributed by atoms with Gasteiger partial charge in [-0.1, -0.05) is 40.2 Å². The van der Waals surface area contributed by atoms with Crippen LogP contribution in [0.2, 0.25) is 0 Å². The van der Waals surface area contributed by atoms with Gasteiger partial charge >= 0.3 is 5.97 Å². The van der Waals surface area contributed by atoms with Crippen molar-refractivity contribution < 1.29 is 18.7 Å². The zero-order chi connectivity index (χ0) is 15.6. The Morgan fingerprint density at radius 1 is 1.19 bits per heavy atom. The molecule has 21 heavy (non-hydrogen) atoms. The van der Waals surface area contributed by atoms with Gasteiger partial charge in [0.2, 0.25) is 0 Å². The zero-order valence-corrected chi connectivity index (χ0v) is 12.8. The SMILES string of the molecule is CC(Br)(CC(=O)O)c1ccc(-c2ccc(F)cc2F)cc1. The van der Waals surface area contributed by atoms with E-state index >= 15 is 0 Å². The van der Waals surface area contributed by atoms with E-state index in [9.17, 15) is 13.6 Å². The molecule has 0 fully saturated rings. The molecule has 110 valence electrons. The van der Waals surface area contributed by atoms with Crippen LogP contribution in [0.15, 0.2) is 42.5 Å². The fraction of sp³-hybridized carbons (Fsp3) is 0.188. The molecule has 2 aromatic carbocycles. The lowest BCUT2D eigenvalue weighted by Crippen LogP contribution is -2.18. The molecule has 0 saturated heterocycles. The summed E-state index contributed by atoms with van der Waals surface area (Å²) >= 11 is 3.39. The molecule has 0 radical (unpaired) electrons. The fourth-order valence-corrected chi connectivity index (χ4v) is 2.61. The van der Waals surface area contributed by atoms with E-state index in [0.29, 0.717) is 11.1 Å². The van der Waals surface area contributed by atoms with Crippen LogP contribution in [-0.2, 0) is 9.12 Å². The summed E-state index contributed by atoms with van der Waals surface area (Å²) in [5.74, 6) is -2.17. The molecule has 0 amide bonds. The highest BCUT2D eigenvalue weighted by Gasteiger charge is 2.26. The molecular weight excluding hydrogens is 342 g/mol. The third kappa shape index (κ3) is 3.67. The molecule has 0 spiro atoms. The van der Waals surface area contributed by atoms with Gasteiger partial charge in [-0.05, 0) is 30.2 Å². The normalized spacial score (nSPS) is 13.7. The van der Waals surface area contributed by atoms with Crippen LogP contribution in [0.1, 0.15) is 18.9 Å². The standard InChI is InChI=1S/C16H13BrF2O2/c1-16(17,9-15(20)21)11-4-2-10(3-5-11)13-7-6-12(18)8-14(13)19/h2-8H,9H2,1H3,(H,20,21). The van der Waals surface area contributed by atoms with Crippen LogP contribution in [0.5, 0.6) is 0 Å². The van der Waals surface area contributed by atoms with E-state index in [2.05, 4.69) is 15.9 Å². The zero-order valence-electron chi connectivity index (χ0n) is 11.2. The van der Waals surface area contributed by atoms with Gasteiger partial charge < -0.3 is 5.11 Å². The van der Waals surface area contributed by atoms with E-state index in [-0.39, 0.29) is 6.42 Å². The summed E-state index contributed by atoms with van der Waals surface area (Å²) in [5, 5.41) is 8.89. The number of carbonyl (C=O) groups is 1. The smallest absolute Gasteiger partial charge is 0.305 e.